The van der Waals surface area contributed by atoms with Gasteiger partial charge in [-0.05, 0) is 54.2 Å². The van der Waals surface area contributed by atoms with Crippen molar-refractivity contribution in [2.45, 2.75) is 26.7 Å². The fraction of sp³-hybridized carbons (Fsp3) is 0.250. The molecular weight excluding hydrogens is 330 g/mol. The molecule has 3 aromatic rings. The van der Waals surface area contributed by atoms with E-state index in [1.54, 1.807) is 0 Å². The number of hydrogen-bond acceptors (Lipinski definition) is 2. The van der Waals surface area contributed by atoms with Gasteiger partial charge < -0.3 is 0 Å². The Morgan fingerprint density at radius 3 is 2.89 bits per heavy atom. The van der Waals surface area contributed by atoms with Crippen LogP contribution in [-0.2, 0) is 13.5 Å². The minimum absolute atomic E-state index is 0.623. The molecule has 0 saturated carbocycles. The molecule has 0 bridgehead atoms. The Hall–Kier alpha value is -2.94. The lowest BCUT2D eigenvalue weighted by molar-refractivity contribution is 0.710. The second-order valence-electron chi connectivity index (χ2n) is 7.85. The third-order valence-corrected chi connectivity index (χ3v) is 5.68. The van der Waals surface area contributed by atoms with Crippen LogP contribution >= 0.6 is 0 Å². The summed E-state index contributed by atoms with van der Waals surface area (Å²) in [6, 6.07) is 8.85. The highest BCUT2D eigenvalue weighted by atomic mass is 15.2. The zero-order chi connectivity index (χ0) is 18.5. The first-order valence-electron chi connectivity index (χ1n) is 9.60. The van der Waals surface area contributed by atoms with Crippen LogP contribution in [0.25, 0.3) is 22.0 Å². The summed E-state index contributed by atoms with van der Waals surface area (Å²) in [6.45, 7) is 4.52. The monoisotopic (exact) mass is 353 g/mol. The molecule has 2 aliphatic carbocycles. The Morgan fingerprint density at radius 2 is 2.04 bits per heavy atom. The fourth-order valence-corrected chi connectivity index (χ4v) is 4.34. The van der Waals surface area contributed by atoms with Crippen LogP contribution in [0.1, 0.15) is 42.7 Å². The van der Waals surface area contributed by atoms with Crippen LogP contribution in [-0.4, -0.2) is 14.8 Å². The maximum absolute atomic E-state index is 4.79. The molecule has 3 heteroatoms. The van der Waals surface area contributed by atoms with Gasteiger partial charge in [0.2, 0.25) is 0 Å². The molecule has 2 aromatic heterocycles. The number of benzene rings is 1. The largest absolute Gasteiger partial charge is 0.275 e. The normalized spacial score (nSPS) is 18.9. The van der Waals surface area contributed by atoms with Gasteiger partial charge in [0, 0.05) is 42.4 Å². The van der Waals surface area contributed by atoms with E-state index in [0.29, 0.717) is 5.92 Å². The van der Waals surface area contributed by atoms with Crippen molar-refractivity contribution in [1.29, 1.82) is 0 Å². The smallest absolute Gasteiger partial charge is 0.0923 e. The quantitative estimate of drug-likeness (QED) is 0.624. The number of aromatic nitrogens is 3. The maximum atomic E-state index is 4.79. The lowest BCUT2D eigenvalue weighted by Gasteiger charge is -2.18. The predicted molar refractivity (Wildman–Crippen MR) is 111 cm³/mol. The zero-order valence-corrected chi connectivity index (χ0v) is 16.0. The van der Waals surface area contributed by atoms with Crippen LogP contribution in [0.15, 0.2) is 60.5 Å². The number of hydrogen-bond donors (Lipinski definition) is 0. The first-order chi connectivity index (χ1) is 13.1. The first kappa shape index (κ1) is 16.2. The minimum Gasteiger partial charge on any atom is -0.275 e. The predicted octanol–water partition coefficient (Wildman–Crippen LogP) is 5.33. The second-order valence-corrected chi connectivity index (χ2v) is 7.85. The Labute approximate surface area is 159 Å². The van der Waals surface area contributed by atoms with Crippen molar-refractivity contribution < 1.29 is 0 Å². The standard InChI is InChI=1S/C24H23N3/c1-15-4-6-20(16(2)10-15)18-12-22-21(7-9-24(22)25-13-18)17-5-8-23-19(11-17)14-27(3)26-23/h4-8,11-15H,9-10H2,1-3H3. The van der Waals surface area contributed by atoms with Crippen molar-refractivity contribution in [2.75, 3.05) is 0 Å². The molecule has 5 rings (SSSR count). The summed E-state index contributed by atoms with van der Waals surface area (Å²) in [7, 11) is 1.97. The number of pyridine rings is 1. The van der Waals surface area contributed by atoms with E-state index in [4.69, 9.17) is 4.98 Å². The van der Waals surface area contributed by atoms with Crippen LogP contribution in [0, 0.1) is 5.92 Å². The molecular formula is C24H23N3. The summed E-state index contributed by atoms with van der Waals surface area (Å²) in [4.78, 5) is 4.79. The Morgan fingerprint density at radius 1 is 1.15 bits per heavy atom. The van der Waals surface area contributed by atoms with Gasteiger partial charge in [0.15, 0.2) is 0 Å². The molecule has 134 valence electrons. The van der Waals surface area contributed by atoms with Gasteiger partial charge >= 0.3 is 0 Å². The molecule has 0 fully saturated rings. The van der Waals surface area contributed by atoms with Crippen LogP contribution in [0.3, 0.4) is 0 Å². The maximum Gasteiger partial charge on any atom is 0.0923 e. The molecule has 0 aliphatic heterocycles. The Balaban J connectivity index is 1.57. The summed E-state index contributed by atoms with van der Waals surface area (Å²) in [5.41, 5.74) is 10.0. The van der Waals surface area contributed by atoms with Gasteiger partial charge in [0.05, 0.1) is 11.2 Å². The third-order valence-electron chi connectivity index (χ3n) is 5.68. The fourth-order valence-electron chi connectivity index (χ4n) is 4.34. The summed E-state index contributed by atoms with van der Waals surface area (Å²) < 4.78 is 1.87. The molecule has 0 N–H and O–H groups in total. The van der Waals surface area contributed by atoms with Crippen molar-refractivity contribution in [1.82, 2.24) is 14.8 Å². The van der Waals surface area contributed by atoms with Crippen molar-refractivity contribution in [3.63, 3.8) is 0 Å². The van der Waals surface area contributed by atoms with Gasteiger partial charge in [-0.2, -0.15) is 5.10 Å². The summed E-state index contributed by atoms with van der Waals surface area (Å²) >= 11 is 0. The van der Waals surface area contributed by atoms with Crippen LogP contribution in [0.5, 0.6) is 0 Å². The Kier molecular flexibility index (Phi) is 3.64. The van der Waals surface area contributed by atoms with Gasteiger partial charge in [-0.3, -0.25) is 9.67 Å². The van der Waals surface area contributed by atoms with Crippen molar-refractivity contribution in [2.24, 2.45) is 13.0 Å². The van der Waals surface area contributed by atoms with E-state index in [9.17, 15) is 0 Å². The van der Waals surface area contributed by atoms with E-state index in [-0.39, 0.29) is 0 Å². The lowest BCUT2D eigenvalue weighted by Crippen LogP contribution is -2.01. The van der Waals surface area contributed by atoms with Crippen molar-refractivity contribution in [3.05, 3.63) is 82.8 Å². The van der Waals surface area contributed by atoms with Gasteiger partial charge in [-0.25, -0.2) is 0 Å². The molecule has 1 atom stereocenters. The van der Waals surface area contributed by atoms with E-state index in [1.165, 1.54) is 44.5 Å². The van der Waals surface area contributed by atoms with E-state index in [2.05, 4.69) is 67.6 Å². The highest BCUT2D eigenvalue weighted by Gasteiger charge is 2.20. The number of rotatable bonds is 2. The van der Waals surface area contributed by atoms with Gasteiger partial charge in [0.1, 0.15) is 0 Å². The van der Waals surface area contributed by atoms with E-state index < -0.39 is 0 Å². The molecule has 0 saturated heterocycles. The van der Waals surface area contributed by atoms with E-state index in [1.807, 2.05) is 17.9 Å². The summed E-state index contributed by atoms with van der Waals surface area (Å²) in [5, 5.41) is 5.66. The average molecular weight is 353 g/mol. The van der Waals surface area contributed by atoms with Crippen LogP contribution < -0.4 is 0 Å². The van der Waals surface area contributed by atoms with E-state index >= 15 is 0 Å². The molecule has 3 nitrogen and oxygen atoms in total. The van der Waals surface area contributed by atoms with Gasteiger partial charge in [0.25, 0.3) is 0 Å². The summed E-state index contributed by atoms with van der Waals surface area (Å²) in [5.74, 6) is 0.623. The van der Waals surface area contributed by atoms with Crippen molar-refractivity contribution >= 4 is 22.0 Å². The molecule has 2 heterocycles. The second kappa shape index (κ2) is 6.05. The average Bonchev–Trinajstić information content (AvgIpc) is 3.22. The number of aryl methyl sites for hydroxylation is 1. The number of fused-ring (bicyclic) bond motifs is 2. The van der Waals surface area contributed by atoms with Crippen molar-refractivity contribution in [3.8, 4) is 0 Å². The third kappa shape index (κ3) is 2.74. The topological polar surface area (TPSA) is 30.7 Å². The van der Waals surface area contributed by atoms with E-state index in [0.717, 1.165) is 18.4 Å². The highest BCUT2D eigenvalue weighted by molar-refractivity contribution is 5.91. The minimum atomic E-state index is 0.623. The molecule has 27 heavy (non-hydrogen) atoms. The zero-order valence-electron chi connectivity index (χ0n) is 16.0. The molecule has 2 aliphatic rings. The molecule has 0 spiro atoms. The number of nitrogens with zero attached hydrogens (tertiary/aromatic N) is 3. The Bertz CT molecular complexity index is 1160. The van der Waals surface area contributed by atoms with Crippen LogP contribution in [0.4, 0.5) is 0 Å². The molecule has 1 aromatic carbocycles. The summed E-state index contributed by atoms with van der Waals surface area (Å²) in [6.07, 6.45) is 13.0. The van der Waals surface area contributed by atoms with Crippen LogP contribution in [0.2, 0.25) is 0 Å². The van der Waals surface area contributed by atoms with Gasteiger partial charge in [-0.1, -0.05) is 36.8 Å². The molecule has 0 radical (unpaired) electrons. The molecule has 0 amide bonds. The van der Waals surface area contributed by atoms with Gasteiger partial charge in [-0.15, -0.1) is 0 Å². The lowest BCUT2D eigenvalue weighted by atomic mass is 9.88. The highest BCUT2D eigenvalue weighted by Crippen LogP contribution is 2.36. The molecule has 1 unspecified atom stereocenters. The SMILES string of the molecule is CC1=C(c2cnc3c(c2)C(c2ccc4nn(C)cc4c2)=CC3)C=CC(C)C1. The number of allylic oxidation sites excluding steroid dienone is 5. The first-order valence-corrected chi connectivity index (χ1v) is 9.60.